The zero-order chi connectivity index (χ0) is 13.1. The van der Waals surface area contributed by atoms with Crippen LogP contribution in [-0.2, 0) is 4.74 Å². The van der Waals surface area contributed by atoms with E-state index in [0.29, 0.717) is 24.8 Å². The first-order chi connectivity index (χ1) is 8.63. The van der Waals surface area contributed by atoms with Crippen molar-refractivity contribution in [1.82, 2.24) is 4.90 Å². The standard InChI is InChI=1S/C13H15ClFNO2/c1-2-10-8-18-6-5-16(10)13(17)11-7-9(14)3-4-12(11)15/h3-4,7,10H,2,5-6,8H2,1H3. The molecule has 1 aromatic carbocycles. The highest BCUT2D eigenvalue weighted by Gasteiger charge is 2.28. The van der Waals surface area contributed by atoms with E-state index in [4.69, 9.17) is 16.3 Å². The Hall–Kier alpha value is -1.13. The van der Waals surface area contributed by atoms with Gasteiger partial charge in [-0.05, 0) is 24.6 Å². The average Bonchev–Trinajstić information content (AvgIpc) is 2.40. The van der Waals surface area contributed by atoms with Crippen LogP contribution in [0.4, 0.5) is 4.39 Å². The van der Waals surface area contributed by atoms with E-state index in [-0.39, 0.29) is 17.5 Å². The van der Waals surface area contributed by atoms with Gasteiger partial charge in [0.2, 0.25) is 0 Å². The molecule has 1 aromatic rings. The molecule has 1 saturated heterocycles. The number of carbonyl (C=O) groups excluding carboxylic acids is 1. The molecule has 1 aliphatic heterocycles. The molecule has 1 fully saturated rings. The van der Waals surface area contributed by atoms with Crippen molar-refractivity contribution in [2.75, 3.05) is 19.8 Å². The predicted molar refractivity (Wildman–Crippen MR) is 67.3 cm³/mol. The maximum Gasteiger partial charge on any atom is 0.257 e. The smallest absolute Gasteiger partial charge is 0.257 e. The number of nitrogens with zero attached hydrogens (tertiary/aromatic N) is 1. The van der Waals surface area contributed by atoms with E-state index in [0.717, 1.165) is 6.42 Å². The molecule has 1 amide bonds. The Morgan fingerprint density at radius 3 is 3.11 bits per heavy atom. The number of amides is 1. The van der Waals surface area contributed by atoms with E-state index in [2.05, 4.69) is 0 Å². The number of halogens is 2. The fourth-order valence-corrected chi connectivity index (χ4v) is 2.25. The second kappa shape index (κ2) is 5.67. The van der Waals surface area contributed by atoms with Crippen LogP contribution in [0.15, 0.2) is 18.2 Å². The quantitative estimate of drug-likeness (QED) is 0.828. The normalized spacial score (nSPS) is 19.9. The van der Waals surface area contributed by atoms with Crippen LogP contribution >= 0.6 is 11.6 Å². The van der Waals surface area contributed by atoms with Gasteiger partial charge in [0.15, 0.2) is 0 Å². The predicted octanol–water partition coefficient (Wildman–Crippen LogP) is 2.73. The summed E-state index contributed by atoms with van der Waals surface area (Å²) in [6, 6.07) is 4.03. The fraction of sp³-hybridized carbons (Fsp3) is 0.462. The van der Waals surface area contributed by atoms with E-state index in [1.807, 2.05) is 6.92 Å². The third kappa shape index (κ3) is 2.65. The molecule has 2 rings (SSSR count). The summed E-state index contributed by atoms with van der Waals surface area (Å²) < 4.78 is 19.0. The highest BCUT2D eigenvalue weighted by Crippen LogP contribution is 2.20. The molecule has 0 radical (unpaired) electrons. The number of ether oxygens (including phenoxy) is 1. The lowest BCUT2D eigenvalue weighted by Crippen LogP contribution is -2.48. The first-order valence-electron chi connectivity index (χ1n) is 5.97. The lowest BCUT2D eigenvalue weighted by Gasteiger charge is -2.35. The molecule has 0 saturated carbocycles. The van der Waals surface area contributed by atoms with E-state index < -0.39 is 5.82 Å². The molecule has 0 aliphatic carbocycles. The average molecular weight is 272 g/mol. The lowest BCUT2D eigenvalue weighted by molar-refractivity contribution is -0.00303. The van der Waals surface area contributed by atoms with E-state index in [1.165, 1.54) is 18.2 Å². The Morgan fingerprint density at radius 1 is 1.61 bits per heavy atom. The first kappa shape index (κ1) is 13.3. The van der Waals surface area contributed by atoms with Gasteiger partial charge in [0.1, 0.15) is 5.82 Å². The molecule has 98 valence electrons. The van der Waals surface area contributed by atoms with Gasteiger partial charge in [-0.1, -0.05) is 18.5 Å². The maximum absolute atomic E-state index is 13.7. The molecule has 1 atom stereocenters. The highest BCUT2D eigenvalue weighted by atomic mass is 35.5. The van der Waals surface area contributed by atoms with E-state index >= 15 is 0 Å². The number of morpholine rings is 1. The van der Waals surface area contributed by atoms with Crippen LogP contribution < -0.4 is 0 Å². The largest absolute Gasteiger partial charge is 0.377 e. The molecule has 0 bridgehead atoms. The van der Waals surface area contributed by atoms with Crippen LogP contribution in [0.3, 0.4) is 0 Å². The molecule has 18 heavy (non-hydrogen) atoms. The highest BCUT2D eigenvalue weighted by molar-refractivity contribution is 6.31. The van der Waals surface area contributed by atoms with Crippen LogP contribution in [0, 0.1) is 5.82 Å². The number of carbonyl (C=O) groups is 1. The molecule has 1 aliphatic rings. The van der Waals surface area contributed by atoms with E-state index in [9.17, 15) is 9.18 Å². The molecule has 5 heteroatoms. The van der Waals surface area contributed by atoms with Gasteiger partial charge in [0.05, 0.1) is 24.8 Å². The van der Waals surface area contributed by atoms with Crippen molar-refractivity contribution in [3.05, 3.63) is 34.6 Å². The van der Waals surface area contributed by atoms with Crippen molar-refractivity contribution in [2.45, 2.75) is 19.4 Å². The van der Waals surface area contributed by atoms with Crippen molar-refractivity contribution in [2.24, 2.45) is 0 Å². The minimum absolute atomic E-state index is 0.00429. The van der Waals surface area contributed by atoms with Crippen LogP contribution in [0.5, 0.6) is 0 Å². The van der Waals surface area contributed by atoms with Gasteiger partial charge in [0.25, 0.3) is 5.91 Å². The van der Waals surface area contributed by atoms with Crippen molar-refractivity contribution >= 4 is 17.5 Å². The number of rotatable bonds is 2. The van der Waals surface area contributed by atoms with Crippen LogP contribution in [0.1, 0.15) is 23.7 Å². The summed E-state index contributed by atoms with van der Waals surface area (Å²) in [6.07, 6.45) is 0.786. The minimum Gasteiger partial charge on any atom is -0.377 e. The third-order valence-corrected chi connectivity index (χ3v) is 3.35. The fourth-order valence-electron chi connectivity index (χ4n) is 2.08. The van der Waals surface area contributed by atoms with Gasteiger partial charge in [0, 0.05) is 11.6 Å². The second-order valence-corrected chi connectivity index (χ2v) is 4.70. The summed E-state index contributed by atoms with van der Waals surface area (Å²) in [5, 5.41) is 0.362. The number of benzene rings is 1. The Balaban J connectivity index is 2.26. The zero-order valence-electron chi connectivity index (χ0n) is 10.2. The van der Waals surface area contributed by atoms with Gasteiger partial charge >= 0.3 is 0 Å². The Morgan fingerprint density at radius 2 is 2.39 bits per heavy atom. The minimum atomic E-state index is -0.536. The summed E-state index contributed by atoms with van der Waals surface area (Å²) >= 11 is 5.81. The molecule has 1 unspecified atom stereocenters. The number of hydrogen-bond donors (Lipinski definition) is 0. The summed E-state index contributed by atoms with van der Waals surface area (Å²) in [5.41, 5.74) is 0.0304. The van der Waals surface area contributed by atoms with Crippen molar-refractivity contribution in [3.63, 3.8) is 0 Å². The van der Waals surface area contributed by atoms with E-state index in [1.54, 1.807) is 4.90 Å². The Labute approximate surface area is 110 Å². The van der Waals surface area contributed by atoms with Crippen LogP contribution in [-0.4, -0.2) is 36.6 Å². The second-order valence-electron chi connectivity index (χ2n) is 4.26. The van der Waals surface area contributed by atoms with Crippen molar-refractivity contribution < 1.29 is 13.9 Å². The summed E-state index contributed by atoms with van der Waals surface area (Å²) in [5.74, 6) is -0.851. The maximum atomic E-state index is 13.7. The molecule has 0 N–H and O–H groups in total. The van der Waals surface area contributed by atoms with Gasteiger partial charge in [-0.25, -0.2) is 4.39 Å². The molecular weight excluding hydrogens is 257 g/mol. The molecule has 0 aromatic heterocycles. The topological polar surface area (TPSA) is 29.5 Å². The Kier molecular flexibility index (Phi) is 4.19. The summed E-state index contributed by atoms with van der Waals surface area (Å²) in [6.45, 7) is 3.46. The lowest BCUT2D eigenvalue weighted by atomic mass is 10.1. The third-order valence-electron chi connectivity index (χ3n) is 3.12. The van der Waals surface area contributed by atoms with Gasteiger partial charge in [-0.15, -0.1) is 0 Å². The molecule has 1 heterocycles. The Bertz CT molecular complexity index is 453. The molecule has 0 spiro atoms. The zero-order valence-corrected chi connectivity index (χ0v) is 10.9. The van der Waals surface area contributed by atoms with Gasteiger partial charge in [-0.2, -0.15) is 0 Å². The monoisotopic (exact) mass is 271 g/mol. The summed E-state index contributed by atoms with van der Waals surface area (Å²) in [7, 11) is 0. The van der Waals surface area contributed by atoms with Crippen LogP contribution in [0.25, 0.3) is 0 Å². The van der Waals surface area contributed by atoms with Gasteiger partial charge < -0.3 is 9.64 Å². The first-order valence-corrected chi connectivity index (χ1v) is 6.35. The van der Waals surface area contributed by atoms with Crippen molar-refractivity contribution in [1.29, 1.82) is 0 Å². The van der Waals surface area contributed by atoms with Gasteiger partial charge in [-0.3, -0.25) is 4.79 Å². The molecule has 3 nitrogen and oxygen atoms in total. The van der Waals surface area contributed by atoms with Crippen LogP contribution in [0.2, 0.25) is 5.02 Å². The number of hydrogen-bond acceptors (Lipinski definition) is 2. The van der Waals surface area contributed by atoms with Crippen molar-refractivity contribution in [3.8, 4) is 0 Å². The summed E-state index contributed by atoms with van der Waals surface area (Å²) in [4.78, 5) is 14.0. The molecular formula is C13H15ClFNO2. The SMILES string of the molecule is CCC1COCCN1C(=O)c1cc(Cl)ccc1F.